The highest BCUT2D eigenvalue weighted by atomic mass is 16.5. The third kappa shape index (κ3) is 9.09. The summed E-state index contributed by atoms with van der Waals surface area (Å²) in [6, 6.07) is 26.9. The van der Waals surface area contributed by atoms with E-state index < -0.39 is 0 Å². The summed E-state index contributed by atoms with van der Waals surface area (Å²) in [4.78, 5) is 10.4. The minimum Gasteiger partial charge on any atom is -0.362 e. The van der Waals surface area contributed by atoms with Crippen molar-refractivity contribution in [3.8, 4) is 22.3 Å². The van der Waals surface area contributed by atoms with E-state index in [1.165, 1.54) is 110 Å². The van der Waals surface area contributed by atoms with Gasteiger partial charge in [-0.05, 0) is 96.6 Å². The minimum atomic E-state index is -0.0273. The second-order valence-corrected chi connectivity index (χ2v) is 15.2. The fraction of sp³-hybridized carbons (Fsp3) is 0.522. The van der Waals surface area contributed by atoms with Gasteiger partial charge in [-0.1, -0.05) is 140 Å². The normalized spacial score (nSPS) is 22.4. The maximum atomic E-state index is 7.52. The lowest BCUT2D eigenvalue weighted by molar-refractivity contribution is -0.0942. The van der Waals surface area contributed by atoms with E-state index in [0.29, 0.717) is 11.8 Å². The van der Waals surface area contributed by atoms with E-state index in [1.807, 2.05) is 0 Å². The second-order valence-electron chi connectivity index (χ2n) is 15.2. The molecule has 0 spiro atoms. The number of rotatable bonds is 14. The predicted molar refractivity (Wildman–Crippen MR) is 205 cm³/mol. The highest BCUT2D eigenvalue weighted by molar-refractivity contribution is 5.63. The summed E-state index contributed by atoms with van der Waals surface area (Å²) in [5.41, 5.74) is 9.71. The number of pyridine rings is 2. The average Bonchev–Trinajstić information content (AvgIpc) is 3.17. The lowest BCUT2D eigenvalue weighted by Gasteiger charge is -2.39. The van der Waals surface area contributed by atoms with E-state index in [0.717, 1.165) is 36.1 Å². The molecule has 2 aliphatic carbocycles. The van der Waals surface area contributed by atoms with Crippen LogP contribution in [0.5, 0.6) is 0 Å². The molecule has 0 amide bonds. The summed E-state index contributed by atoms with van der Waals surface area (Å²) in [7, 11) is 0. The molecule has 260 valence electrons. The molecule has 0 bridgehead atoms. The molecule has 0 saturated heterocycles. The Morgan fingerprint density at radius 3 is 1.16 bits per heavy atom. The van der Waals surface area contributed by atoms with Crippen molar-refractivity contribution in [2.45, 2.75) is 130 Å². The molecule has 4 aromatic rings. The zero-order valence-electron chi connectivity index (χ0n) is 30.7. The zero-order valence-corrected chi connectivity index (χ0v) is 30.7. The van der Waals surface area contributed by atoms with Gasteiger partial charge in [0.1, 0.15) is 12.2 Å². The molecule has 0 radical (unpaired) electrons. The van der Waals surface area contributed by atoms with Crippen molar-refractivity contribution in [3.05, 3.63) is 108 Å². The summed E-state index contributed by atoms with van der Waals surface area (Å²) < 4.78 is 7.52. The Labute approximate surface area is 297 Å². The van der Waals surface area contributed by atoms with E-state index in [2.05, 4.69) is 113 Å². The number of ether oxygens (including phenoxy) is 1. The summed E-state index contributed by atoms with van der Waals surface area (Å²) >= 11 is 0. The smallest absolute Gasteiger partial charge is 0.103 e. The van der Waals surface area contributed by atoms with Crippen LogP contribution < -0.4 is 0 Å². The van der Waals surface area contributed by atoms with Crippen LogP contribution in [0.2, 0.25) is 0 Å². The van der Waals surface area contributed by atoms with Crippen molar-refractivity contribution >= 4 is 0 Å². The van der Waals surface area contributed by atoms with Crippen molar-refractivity contribution in [3.63, 3.8) is 0 Å². The van der Waals surface area contributed by atoms with Gasteiger partial charge in [0.05, 0.1) is 11.4 Å². The van der Waals surface area contributed by atoms with Crippen LogP contribution in [0.4, 0.5) is 0 Å². The van der Waals surface area contributed by atoms with Crippen LogP contribution in [0, 0.1) is 23.7 Å². The molecule has 2 saturated carbocycles. The molecular formula is C46H60N2O. The third-order valence-corrected chi connectivity index (χ3v) is 11.9. The third-order valence-electron chi connectivity index (χ3n) is 11.9. The van der Waals surface area contributed by atoms with E-state index >= 15 is 0 Å². The Morgan fingerprint density at radius 1 is 0.490 bits per heavy atom. The molecule has 2 aliphatic rings. The van der Waals surface area contributed by atoms with Gasteiger partial charge >= 0.3 is 0 Å². The van der Waals surface area contributed by atoms with Gasteiger partial charge in [-0.25, -0.2) is 0 Å². The maximum absolute atomic E-state index is 7.52. The van der Waals surface area contributed by atoms with E-state index in [9.17, 15) is 0 Å². The van der Waals surface area contributed by atoms with E-state index in [4.69, 9.17) is 14.7 Å². The van der Waals surface area contributed by atoms with E-state index in [-0.39, 0.29) is 12.2 Å². The lowest BCUT2D eigenvalue weighted by atomic mass is 9.75. The molecule has 2 atom stereocenters. The summed E-state index contributed by atoms with van der Waals surface area (Å²) in [5, 5.41) is 0. The molecule has 49 heavy (non-hydrogen) atoms. The first-order chi connectivity index (χ1) is 24.1. The fourth-order valence-electron chi connectivity index (χ4n) is 8.73. The molecule has 3 nitrogen and oxygen atoms in total. The van der Waals surface area contributed by atoms with Gasteiger partial charge in [-0.3, -0.25) is 9.97 Å². The van der Waals surface area contributed by atoms with Crippen LogP contribution in [0.15, 0.2) is 85.2 Å². The van der Waals surface area contributed by atoms with Crippen LogP contribution in [-0.2, 0) is 17.6 Å². The fourth-order valence-corrected chi connectivity index (χ4v) is 8.73. The van der Waals surface area contributed by atoms with Crippen LogP contribution in [0.1, 0.15) is 139 Å². The Kier molecular flexibility index (Phi) is 12.7. The standard InChI is InChI=1S/C46H60N2O/c1-5-9-35-15-23-39(24-16-35)45(43-29-27-41(31-47-43)37-19-11-33(7-3)12-20-37)49-46(40-25-17-36(10-6-2)18-26-40)44-30-28-42(32-48-44)38-21-13-34(8-4)14-22-38/h11-14,19-22,27-32,35-36,39-40,45-46H,5-10,15-18,23-26H2,1-4H3/t35-,36-,39-,40-,45?,46?. The van der Waals surface area contributed by atoms with Gasteiger partial charge in [0.2, 0.25) is 0 Å². The monoisotopic (exact) mass is 656 g/mol. The quantitative estimate of drug-likeness (QED) is 0.135. The predicted octanol–water partition coefficient (Wildman–Crippen LogP) is 12.9. The first kappa shape index (κ1) is 35.5. The molecule has 0 N–H and O–H groups in total. The summed E-state index contributed by atoms with van der Waals surface area (Å²) in [6.07, 6.45) is 21.6. The number of benzene rings is 2. The molecule has 6 rings (SSSR count). The Hall–Kier alpha value is -3.30. The number of nitrogens with zero attached hydrogens (tertiary/aromatic N) is 2. The van der Waals surface area contributed by atoms with Crippen molar-refractivity contribution in [2.24, 2.45) is 23.7 Å². The Morgan fingerprint density at radius 2 is 0.857 bits per heavy atom. The molecule has 0 aliphatic heterocycles. The van der Waals surface area contributed by atoms with Crippen LogP contribution in [0.3, 0.4) is 0 Å². The number of aryl methyl sites for hydroxylation is 2. The second kappa shape index (κ2) is 17.6. The molecule has 2 aromatic heterocycles. The number of hydrogen-bond acceptors (Lipinski definition) is 3. The zero-order chi connectivity index (χ0) is 34.0. The SMILES string of the molecule is CCC[C@H]1CC[C@H](C(OC(c2ccc(-c3ccc(CC)cc3)cn2)[C@H]2CC[C@H](CCC)CC2)c2ccc(-c3ccc(CC)cc3)cn2)CC1. The minimum absolute atomic E-state index is 0.0273. The molecule has 2 fully saturated rings. The van der Waals surface area contributed by atoms with Crippen LogP contribution >= 0.6 is 0 Å². The highest BCUT2D eigenvalue weighted by Crippen LogP contribution is 2.46. The van der Waals surface area contributed by atoms with Crippen molar-refractivity contribution in [2.75, 3.05) is 0 Å². The first-order valence-corrected chi connectivity index (χ1v) is 19.8. The van der Waals surface area contributed by atoms with Gasteiger partial charge in [0.15, 0.2) is 0 Å². The van der Waals surface area contributed by atoms with Gasteiger partial charge in [-0.15, -0.1) is 0 Å². The van der Waals surface area contributed by atoms with Crippen LogP contribution in [-0.4, -0.2) is 9.97 Å². The molecule has 2 aromatic carbocycles. The highest BCUT2D eigenvalue weighted by Gasteiger charge is 2.36. The molecule has 2 unspecified atom stereocenters. The molecular weight excluding hydrogens is 597 g/mol. The molecule has 3 heteroatoms. The topological polar surface area (TPSA) is 35.0 Å². The molecule has 2 heterocycles. The van der Waals surface area contributed by atoms with Gasteiger partial charge in [0, 0.05) is 23.5 Å². The summed E-state index contributed by atoms with van der Waals surface area (Å²) in [5.74, 6) is 2.67. The van der Waals surface area contributed by atoms with Crippen molar-refractivity contribution in [1.29, 1.82) is 0 Å². The van der Waals surface area contributed by atoms with Gasteiger partial charge < -0.3 is 4.74 Å². The van der Waals surface area contributed by atoms with E-state index in [1.54, 1.807) is 0 Å². The van der Waals surface area contributed by atoms with Gasteiger partial charge in [0.25, 0.3) is 0 Å². The first-order valence-electron chi connectivity index (χ1n) is 19.8. The van der Waals surface area contributed by atoms with Crippen molar-refractivity contribution < 1.29 is 4.74 Å². The van der Waals surface area contributed by atoms with Crippen molar-refractivity contribution in [1.82, 2.24) is 9.97 Å². The maximum Gasteiger partial charge on any atom is 0.103 e. The Balaban J connectivity index is 1.30. The average molecular weight is 657 g/mol. The lowest BCUT2D eigenvalue weighted by Crippen LogP contribution is -2.29. The number of hydrogen-bond donors (Lipinski definition) is 0. The summed E-state index contributed by atoms with van der Waals surface area (Å²) in [6.45, 7) is 9.08. The number of aromatic nitrogens is 2. The van der Waals surface area contributed by atoms with Gasteiger partial charge in [-0.2, -0.15) is 0 Å². The Bertz CT molecular complexity index is 1410. The van der Waals surface area contributed by atoms with Crippen LogP contribution in [0.25, 0.3) is 22.3 Å². The largest absolute Gasteiger partial charge is 0.362 e.